The lowest BCUT2D eigenvalue weighted by Gasteiger charge is -2.29. The predicted octanol–water partition coefficient (Wildman–Crippen LogP) is 3.41. The van der Waals surface area contributed by atoms with E-state index in [0.29, 0.717) is 13.2 Å². The van der Waals surface area contributed by atoms with Crippen molar-refractivity contribution in [1.29, 1.82) is 0 Å². The van der Waals surface area contributed by atoms with Gasteiger partial charge in [-0.15, -0.1) is 11.3 Å². The average Bonchev–Trinajstić information content (AvgIpc) is 2.88. The largest absolute Gasteiger partial charge is 0.385 e. The molecule has 1 aromatic heterocycles. The fraction of sp³-hybridized carbons (Fsp3) is 0.667. The van der Waals surface area contributed by atoms with E-state index in [1.807, 2.05) is 4.90 Å². The Morgan fingerprint density at radius 1 is 1.50 bits per heavy atom. The van der Waals surface area contributed by atoms with Gasteiger partial charge < -0.3 is 15.0 Å². The molecule has 1 fully saturated rings. The van der Waals surface area contributed by atoms with E-state index in [2.05, 4.69) is 22.8 Å². The molecule has 0 aromatic carbocycles. The maximum absolute atomic E-state index is 12.4. The average molecular weight is 296 g/mol. The van der Waals surface area contributed by atoms with Gasteiger partial charge in [-0.1, -0.05) is 18.9 Å². The number of methoxy groups -OCH3 is 1. The van der Waals surface area contributed by atoms with Crippen molar-refractivity contribution in [2.45, 2.75) is 38.1 Å². The number of carbonyl (C=O) groups excluding carboxylic acids is 1. The number of nitrogens with zero attached hydrogens (tertiary/aromatic N) is 1. The van der Waals surface area contributed by atoms with Crippen LogP contribution in [0.1, 0.15) is 43.0 Å². The maximum atomic E-state index is 12.4. The SMILES string of the molecule is COCCCNC(=O)N1CCCCC[C@@H]1c1cccs1. The van der Waals surface area contributed by atoms with E-state index in [9.17, 15) is 4.79 Å². The van der Waals surface area contributed by atoms with Crippen LogP contribution < -0.4 is 5.32 Å². The summed E-state index contributed by atoms with van der Waals surface area (Å²) in [5.41, 5.74) is 0. The summed E-state index contributed by atoms with van der Waals surface area (Å²) in [7, 11) is 1.68. The Balaban J connectivity index is 1.95. The van der Waals surface area contributed by atoms with Gasteiger partial charge in [0.1, 0.15) is 0 Å². The number of hydrogen-bond donors (Lipinski definition) is 1. The third kappa shape index (κ3) is 4.21. The zero-order chi connectivity index (χ0) is 14.2. The minimum Gasteiger partial charge on any atom is -0.385 e. The lowest BCUT2D eigenvalue weighted by Crippen LogP contribution is -2.42. The molecule has 1 aliphatic rings. The number of hydrogen-bond acceptors (Lipinski definition) is 3. The lowest BCUT2D eigenvalue weighted by atomic mass is 10.1. The molecule has 0 unspecified atom stereocenters. The molecular weight excluding hydrogens is 272 g/mol. The van der Waals surface area contributed by atoms with Crippen LogP contribution in [-0.4, -0.2) is 37.7 Å². The number of ether oxygens (including phenoxy) is 1. The summed E-state index contributed by atoms with van der Waals surface area (Å²) in [6, 6.07) is 4.53. The normalized spacial score (nSPS) is 19.6. The van der Waals surface area contributed by atoms with E-state index >= 15 is 0 Å². The molecule has 1 atom stereocenters. The lowest BCUT2D eigenvalue weighted by molar-refractivity contribution is 0.171. The second-order valence-corrected chi connectivity index (χ2v) is 6.13. The van der Waals surface area contributed by atoms with Gasteiger partial charge in [0.25, 0.3) is 0 Å². The van der Waals surface area contributed by atoms with Crippen molar-refractivity contribution in [1.82, 2.24) is 10.2 Å². The van der Waals surface area contributed by atoms with E-state index in [0.717, 1.165) is 25.8 Å². The fourth-order valence-electron chi connectivity index (χ4n) is 2.64. The molecule has 1 aromatic rings. The summed E-state index contributed by atoms with van der Waals surface area (Å²) in [5, 5.41) is 5.11. The minimum atomic E-state index is 0.0707. The maximum Gasteiger partial charge on any atom is 0.317 e. The fourth-order valence-corrected chi connectivity index (χ4v) is 3.52. The Bertz CT molecular complexity index is 395. The molecule has 2 heterocycles. The standard InChI is InChI=1S/C15H24N2O2S/c1-19-11-6-9-16-15(18)17-10-4-2-3-7-13(17)14-8-5-12-20-14/h5,8,12-13H,2-4,6-7,9-11H2,1H3,(H,16,18)/t13-/m1/s1. The Kier molecular flexibility index (Phi) is 6.33. The van der Waals surface area contributed by atoms with Crippen LogP contribution >= 0.6 is 11.3 Å². The number of carbonyl (C=O) groups is 1. The molecule has 112 valence electrons. The molecule has 4 nitrogen and oxygen atoms in total. The van der Waals surface area contributed by atoms with E-state index in [1.165, 1.54) is 17.7 Å². The van der Waals surface area contributed by atoms with E-state index < -0.39 is 0 Å². The monoisotopic (exact) mass is 296 g/mol. The summed E-state index contributed by atoms with van der Waals surface area (Å²) in [5.74, 6) is 0. The number of rotatable bonds is 5. The number of thiophene rings is 1. The van der Waals surface area contributed by atoms with Crippen molar-refractivity contribution in [3.63, 3.8) is 0 Å². The molecule has 1 N–H and O–H groups in total. The highest BCUT2D eigenvalue weighted by Crippen LogP contribution is 2.32. The van der Waals surface area contributed by atoms with Gasteiger partial charge in [-0.25, -0.2) is 4.79 Å². The van der Waals surface area contributed by atoms with E-state index in [1.54, 1.807) is 18.4 Å². The van der Waals surface area contributed by atoms with Crippen LogP contribution in [0, 0.1) is 0 Å². The van der Waals surface area contributed by atoms with Crippen molar-refractivity contribution in [3.8, 4) is 0 Å². The first-order chi connectivity index (χ1) is 9.83. The van der Waals surface area contributed by atoms with Crippen molar-refractivity contribution < 1.29 is 9.53 Å². The molecule has 5 heteroatoms. The van der Waals surface area contributed by atoms with Gasteiger partial charge in [-0.05, 0) is 30.7 Å². The second-order valence-electron chi connectivity index (χ2n) is 5.15. The van der Waals surface area contributed by atoms with Crippen LogP contribution in [0.15, 0.2) is 17.5 Å². The zero-order valence-electron chi connectivity index (χ0n) is 12.1. The van der Waals surface area contributed by atoms with Crippen molar-refractivity contribution >= 4 is 17.4 Å². The quantitative estimate of drug-likeness (QED) is 0.846. The van der Waals surface area contributed by atoms with Crippen molar-refractivity contribution in [3.05, 3.63) is 22.4 Å². The van der Waals surface area contributed by atoms with Gasteiger partial charge >= 0.3 is 6.03 Å². The molecule has 1 aliphatic heterocycles. The van der Waals surface area contributed by atoms with Crippen LogP contribution in [0.3, 0.4) is 0 Å². The predicted molar refractivity (Wildman–Crippen MR) is 82.1 cm³/mol. The molecule has 20 heavy (non-hydrogen) atoms. The molecule has 0 spiro atoms. The highest BCUT2D eigenvalue weighted by atomic mass is 32.1. The van der Waals surface area contributed by atoms with Crippen LogP contribution in [0.2, 0.25) is 0 Å². The zero-order valence-corrected chi connectivity index (χ0v) is 13.0. The molecule has 0 aliphatic carbocycles. The molecule has 0 radical (unpaired) electrons. The molecule has 0 saturated carbocycles. The first-order valence-corrected chi connectivity index (χ1v) is 8.27. The highest BCUT2D eigenvalue weighted by Gasteiger charge is 2.27. The smallest absolute Gasteiger partial charge is 0.317 e. The summed E-state index contributed by atoms with van der Waals surface area (Å²) < 4.78 is 5.01. The Morgan fingerprint density at radius 3 is 3.15 bits per heavy atom. The van der Waals surface area contributed by atoms with Gasteiger partial charge in [0.2, 0.25) is 0 Å². The van der Waals surface area contributed by atoms with Gasteiger partial charge in [-0.3, -0.25) is 0 Å². The molecule has 0 bridgehead atoms. The molecular formula is C15H24N2O2S. The van der Waals surface area contributed by atoms with E-state index in [4.69, 9.17) is 4.74 Å². The molecule has 2 rings (SSSR count). The first kappa shape index (κ1) is 15.3. The first-order valence-electron chi connectivity index (χ1n) is 7.39. The van der Waals surface area contributed by atoms with Crippen molar-refractivity contribution in [2.24, 2.45) is 0 Å². The summed E-state index contributed by atoms with van der Waals surface area (Å²) in [4.78, 5) is 15.7. The molecule has 2 amide bonds. The molecule has 1 saturated heterocycles. The Hall–Kier alpha value is -1.07. The third-order valence-corrected chi connectivity index (χ3v) is 4.66. The van der Waals surface area contributed by atoms with Crippen LogP contribution in [0.4, 0.5) is 4.79 Å². The highest BCUT2D eigenvalue weighted by molar-refractivity contribution is 7.10. The number of amides is 2. The van der Waals surface area contributed by atoms with Crippen LogP contribution in [-0.2, 0) is 4.74 Å². The topological polar surface area (TPSA) is 41.6 Å². The third-order valence-electron chi connectivity index (χ3n) is 3.69. The van der Waals surface area contributed by atoms with Gasteiger partial charge in [0, 0.05) is 31.7 Å². The summed E-state index contributed by atoms with van der Waals surface area (Å²) >= 11 is 1.75. The van der Waals surface area contributed by atoms with E-state index in [-0.39, 0.29) is 12.1 Å². The Morgan fingerprint density at radius 2 is 2.40 bits per heavy atom. The van der Waals surface area contributed by atoms with Crippen molar-refractivity contribution in [2.75, 3.05) is 26.8 Å². The van der Waals surface area contributed by atoms with Gasteiger partial charge in [-0.2, -0.15) is 0 Å². The van der Waals surface area contributed by atoms with Gasteiger partial charge in [0.05, 0.1) is 6.04 Å². The van der Waals surface area contributed by atoms with Crippen LogP contribution in [0.25, 0.3) is 0 Å². The number of nitrogens with one attached hydrogen (secondary N) is 1. The Labute approximate surface area is 125 Å². The minimum absolute atomic E-state index is 0.0707. The van der Waals surface area contributed by atoms with Gasteiger partial charge in [0.15, 0.2) is 0 Å². The summed E-state index contributed by atoms with van der Waals surface area (Å²) in [6.07, 6.45) is 5.46. The number of likely N-dealkylation sites (tertiary alicyclic amines) is 1. The number of urea groups is 1. The summed E-state index contributed by atoms with van der Waals surface area (Å²) in [6.45, 7) is 2.23. The van der Waals surface area contributed by atoms with Crippen LogP contribution in [0.5, 0.6) is 0 Å². The second kappa shape index (κ2) is 8.27.